The lowest BCUT2D eigenvalue weighted by Crippen LogP contribution is -1.88. The van der Waals surface area contributed by atoms with E-state index >= 15 is 0 Å². The zero-order valence-corrected chi connectivity index (χ0v) is 22.0. The molecule has 202 valence electrons. The van der Waals surface area contributed by atoms with Crippen LogP contribution < -0.4 is 0 Å². The molecule has 0 fully saturated rings. The van der Waals surface area contributed by atoms with Crippen LogP contribution in [0.4, 0.5) is 0 Å². The summed E-state index contributed by atoms with van der Waals surface area (Å²) in [5.41, 5.74) is -2.72. The Balaban J connectivity index is 1.44. The number of hydrogen-bond donors (Lipinski definition) is 0. The zero-order chi connectivity index (χ0) is 51.4. The Morgan fingerprint density at radius 2 is 0.864 bits per heavy atom. The molecule has 0 radical (unpaired) electrons. The molecule has 0 nitrogen and oxygen atoms in total. The number of fused-ring (bicyclic) bond motifs is 5. The molecule has 0 heterocycles. The van der Waals surface area contributed by atoms with E-state index < -0.39 is 233 Å². The van der Waals surface area contributed by atoms with Gasteiger partial charge in [-0.05, 0) is 116 Å². The maximum absolute atomic E-state index is 9.72. The van der Waals surface area contributed by atoms with Crippen molar-refractivity contribution in [3.63, 3.8) is 0 Å². The molecule has 0 spiro atoms. The van der Waals surface area contributed by atoms with Gasteiger partial charge >= 0.3 is 0 Å². The summed E-state index contributed by atoms with van der Waals surface area (Å²) in [6, 6.07) is -21.5. The van der Waals surface area contributed by atoms with Gasteiger partial charge in [0.2, 0.25) is 0 Å². The minimum atomic E-state index is -1.00. The van der Waals surface area contributed by atoms with Crippen molar-refractivity contribution in [2.45, 2.75) is 0 Å². The molecule has 0 amide bonds. The molecule has 0 saturated carbocycles. The summed E-state index contributed by atoms with van der Waals surface area (Å²) in [5.74, 6) is 0. The third kappa shape index (κ3) is 3.34. The monoisotopic (exact) mass is 580 g/mol. The van der Waals surface area contributed by atoms with E-state index in [1.165, 1.54) is 0 Å². The van der Waals surface area contributed by atoms with Crippen LogP contribution in [0.5, 0.6) is 0 Å². The first-order chi connectivity index (χ1) is 32.7. The van der Waals surface area contributed by atoms with E-state index in [0.717, 1.165) is 0 Å². The van der Waals surface area contributed by atoms with Crippen LogP contribution in [0, 0.1) is 0 Å². The van der Waals surface area contributed by atoms with Crippen molar-refractivity contribution in [2.24, 2.45) is 0 Å². The highest BCUT2D eigenvalue weighted by Gasteiger charge is 2.15. The van der Waals surface area contributed by atoms with E-state index in [-0.39, 0.29) is 21.5 Å². The summed E-state index contributed by atoms with van der Waals surface area (Å²) in [7, 11) is 0. The van der Waals surface area contributed by atoms with E-state index in [1.807, 2.05) is 0 Å². The summed E-state index contributed by atoms with van der Waals surface area (Å²) >= 11 is 0. The summed E-state index contributed by atoms with van der Waals surface area (Å²) in [6.07, 6.45) is 0. The lowest BCUT2D eigenvalue weighted by Gasteiger charge is -2.16. The average Bonchev–Trinajstić information content (AvgIpc) is 3.31. The largest absolute Gasteiger partial charge is 0.0636 e. The number of rotatable bonds is 2. The van der Waals surface area contributed by atoms with Crippen LogP contribution in [0.25, 0.3) is 97.7 Å². The van der Waals surface area contributed by atoms with Crippen molar-refractivity contribution in [3.05, 3.63) is 157 Å². The lowest BCUT2D eigenvalue weighted by atomic mass is 9.88. The van der Waals surface area contributed by atoms with Crippen molar-refractivity contribution in [3.8, 4) is 22.3 Å². The molecule has 0 aliphatic heterocycles. The minimum absolute atomic E-state index is 0.241. The number of hydrogen-bond acceptors (Lipinski definition) is 0. The topological polar surface area (TPSA) is 0 Å². The predicted molar refractivity (Wildman–Crippen MR) is 191 cm³/mol. The predicted octanol–water partition coefficient (Wildman–Crippen LogP) is 12.5. The smallest absolute Gasteiger partial charge is 0.0616 e. The highest BCUT2D eigenvalue weighted by molar-refractivity contribution is 6.26. The zero-order valence-electron chi connectivity index (χ0n) is 48.0. The van der Waals surface area contributed by atoms with Crippen LogP contribution in [-0.2, 0) is 0 Å². The normalized spacial score (nSPS) is 20.4. The molecule has 0 aliphatic rings. The molecule has 10 rings (SSSR count). The van der Waals surface area contributed by atoms with Gasteiger partial charge in [-0.15, -0.1) is 0 Å². The summed E-state index contributed by atoms with van der Waals surface area (Å²) in [4.78, 5) is 0. The SMILES string of the molecule is [2H]c1c(-c2c([2H])c([2H])c3c([2H])c([2H])c4c([2H])c([2H])c([2H])c5c([2H])c([2H])c2c3c45)c([2H])c2c([2H])c([2H])c(-c3c4c([2H])c([2H])c([2H])c([2H])c4c([2H])c4c3c([2H])c([2H])c3c([2H])c([2H])c([2H])c([2H])c34)c([2H])c2c1[2H]. The third-order valence-electron chi connectivity index (χ3n) is 7.62. The van der Waals surface area contributed by atoms with Gasteiger partial charge in [0, 0.05) is 0 Å². The average molecular weight is 581 g/mol. The van der Waals surface area contributed by atoms with Gasteiger partial charge in [0.15, 0.2) is 0 Å². The Hall–Kier alpha value is -5.72. The number of benzene rings is 10. The maximum Gasteiger partial charge on any atom is 0.0636 e. The summed E-state index contributed by atoms with van der Waals surface area (Å²) < 4.78 is 234. The fraction of sp³-hybridized carbons (Fsp3) is 0. The standard InChI is InChI=1S/C44H26/c1-3-10-36-27(6-1)18-22-40-41(36)26-33-7-2-4-11-38(33)43(40)35-17-15-31-24-34(16-14-32(31)25-35)37-21-19-30-13-12-28-8-5-9-29-20-23-39(37)44(30)42(28)29/h1-26H/i1D,2D,3D,4D,5D,6D,7D,8D,9D,10D,11D,12D,13D,14D,15D,16D,17D,18D,19D,20D,21D,22D,23D,24D,25D,26D. The molecule has 0 aliphatic carbocycles. The van der Waals surface area contributed by atoms with Crippen molar-refractivity contribution in [1.29, 1.82) is 0 Å². The maximum atomic E-state index is 9.72. The quantitative estimate of drug-likeness (QED) is 0.141. The minimum Gasteiger partial charge on any atom is -0.0616 e. The molecule has 10 aromatic rings. The van der Waals surface area contributed by atoms with Gasteiger partial charge in [-0.3, -0.25) is 0 Å². The van der Waals surface area contributed by atoms with Crippen molar-refractivity contribution in [1.82, 2.24) is 0 Å². The molecule has 0 N–H and O–H groups in total. The molecular weight excluding hydrogens is 528 g/mol. The van der Waals surface area contributed by atoms with E-state index in [4.69, 9.17) is 21.9 Å². The molecule has 0 bridgehead atoms. The van der Waals surface area contributed by atoms with Gasteiger partial charge in [-0.25, -0.2) is 0 Å². The Morgan fingerprint density at radius 1 is 0.295 bits per heavy atom. The van der Waals surface area contributed by atoms with Gasteiger partial charge in [-0.1, -0.05) is 139 Å². The Bertz CT molecular complexity index is 4210. The molecule has 0 unspecified atom stereocenters. The molecule has 0 atom stereocenters. The highest BCUT2D eigenvalue weighted by Crippen LogP contribution is 2.42. The molecule has 0 heteroatoms. The first-order valence-corrected chi connectivity index (χ1v) is 13.2. The molecule has 0 saturated heterocycles. The van der Waals surface area contributed by atoms with Gasteiger partial charge in [0.25, 0.3) is 0 Å². The molecule has 0 aromatic heterocycles. The van der Waals surface area contributed by atoms with Crippen LogP contribution in [0.2, 0.25) is 0 Å². The second-order valence-corrected chi connectivity index (χ2v) is 10.0. The first kappa shape index (κ1) is 9.91. The Labute approximate surface area is 291 Å². The Kier molecular flexibility index (Phi) is 2.00. The summed E-state index contributed by atoms with van der Waals surface area (Å²) in [6.45, 7) is 0. The van der Waals surface area contributed by atoms with Gasteiger partial charge in [0.1, 0.15) is 0 Å². The van der Waals surface area contributed by atoms with Crippen LogP contribution >= 0.6 is 0 Å². The first-order valence-electron chi connectivity index (χ1n) is 26.2. The second kappa shape index (κ2) is 8.89. The molecule has 10 aromatic carbocycles. The summed E-state index contributed by atoms with van der Waals surface area (Å²) in [5, 5.41) is -6.92. The van der Waals surface area contributed by atoms with Gasteiger partial charge < -0.3 is 0 Å². The third-order valence-corrected chi connectivity index (χ3v) is 7.62. The van der Waals surface area contributed by atoms with E-state index in [0.29, 0.717) is 0 Å². The molecule has 44 heavy (non-hydrogen) atoms. The van der Waals surface area contributed by atoms with E-state index in [9.17, 15) is 13.7 Å². The van der Waals surface area contributed by atoms with Crippen LogP contribution in [0.3, 0.4) is 0 Å². The lowest BCUT2D eigenvalue weighted by molar-refractivity contribution is 1.68. The van der Waals surface area contributed by atoms with Crippen molar-refractivity contribution >= 4 is 75.4 Å². The van der Waals surface area contributed by atoms with Gasteiger partial charge in [0.05, 0.1) is 35.6 Å². The van der Waals surface area contributed by atoms with Gasteiger partial charge in [-0.2, -0.15) is 0 Å². The fourth-order valence-corrected chi connectivity index (χ4v) is 5.69. The van der Waals surface area contributed by atoms with Crippen molar-refractivity contribution < 1.29 is 35.6 Å². The molecular formula is C44H26. The highest BCUT2D eigenvalue weighted by atomic mass is 14.2. The van der Waals surface area contributed by atoms with Crippen LogP contribution in [0.1, 0.15) is 35.6 Å². The van der Waals surface area contributed by atoms with Crippen LogP contribution in [-0.4, -0.2) is 0 Å². The van der Waals surface area contributed by atoms with E-state index in [1.54, 1.807) is 0 Å². The van der Waals surface area contributed by atoms with Crippen molar-refractivity contribution in [2.75, 3.05) is 0 Å². The van der Waals surface area contributed by atoms with Crippen LogP contribution in [0.15, 0.2) is 157 Å². The second-order valence-electron chi connectivity index (χ2n) is 10.0. The fourth-order valence-electron chi connectivity index (χ4n) is 5.69. The van der Waals surface area contributed by atoms with E-state index in [2.05, 4.69) is 0 Å². The Morgan fingerprint density at radius 3 is 1.70 bits per heavy atom.